The number of thiophene rings is 1. The van der Waals surface area contributed by atoms with Crippen LogP contribution in [0.5, 0.6) is 0 Å². The van der Waals surface area contributed by atoms with E-state index in [9.17, 15) is 9.59 Å². The summed E-state index contributed by atoms with van der Waals surface area (Å²) in [5.41, 5.74) is 5.13. The number of nitrogens with one attached hydrogen (secondary N) is 1. The monoisotopic (exact) mass is 356 g/mol. The molecule has 1 aromatic carbocycles. The topological polar surface area (TPSA) is 67.8 Å². The Morgan fingerprint density at radius 2 is 2.08 bits per heavy atom. The summed E-state index contributed by atoms with van der Waals surface area (Å²) < 4.78 is 4.65. The number of benzene rings is 1. The molecule has 1 aliphatic rings. The minimum absolute atomic E-state index is 0.186. The molecule has 130 valence electrons. The Bertz CT molecular complexity index is 809. The van der Waals surface area contributed by atoms with E-state index in [4.69, 9.17) is 0 Å². The lowest BCUT2D eigenvalue weighted by atomic mass is 9.90. The molecule has 0 spiro atoms. The first-order valence-electron chi connectivity index (χ1n) is 8.20. The fourth-order valence-corrected chi connectivity index (χ4v) is 3.96. The fraction of sp³-hybridized carbons (Fsp3) is 0.316. The number of hydrogen-bond donors (Lipinski definition) is 1. The third-order valence-corrected chi connectivity index (χ3v) is 5.50. The first-order chi connectivity index (χ1) is 12.1. The second kappa shape index (κ2) is 7.61. The van der Waals surface area contributed by atoms with E-state index >= 15 is 0 Å². The highest BCUT2D eigenvalue weighted by atomic mass is 32.1. The van der Waals surface area contributed by atoms with Gasteiger partial charge in [0.15, 0.2) is 0 Å². The molecule has 0 radical (unpaired) electrons. The zero-order valence-electron chi connectivity index (χ0n) is 14.2. The number of aryl methyl sites for hydroxylation is 1. The van der Waals surface area contributed by atoms with E-state index in [1.165, 1.54) is 24.0 Å². The van der Waals surface area contributed by atoms with E-state index in [2.05, 4.69) is 22.2 Å². The van der Waals surface area contributed by atoms with Crippen LogP contribution in [0, 0.1) is 5.92 Å². The van der Waals surface area contributed by atoms with Crippen LogP contribution in [-0.4, -0.2) is 25.2 Å². The Morgan fingerprint density at radius 1 is 1.32 bits per heavy atom. The molecule has 1 amide bonds. The van der Waals surface area contributed by atoms with Gasteiger partial charge in [0.25, 0.3) is 5.91 Å². The van der Waals surface area contributed by atoms with Gasteiger partial charge in [-0.25, -0.2) is 10.2 Å². The molecule has 0 aliphatic heterocycles. The number of hydrogen-bond acceptors (Lipinski definition) is 5. The predicted molar refractivity (Wildman–Crippen MR) is 98.3 cm³/mol. The Balaban J connectivity index is 1.60. The minimum atomic E-state index is -0.382. The molecule has 5 nitrogen and oxygen atoms in total. The van der Waals surface area contributed by atoms with Crippen molar-refractivity contribution in [1.82, 2.24) is 5.43 Å². The average molecular weight is 356 g/mol. The maximum absolute atomic E-state index is 12.2. The largest absolute Gasteiger partial charge is 0.465 e. The highest BCUT2D eigenvalue weighted by Crippen LogP contribution is 2.32. The van der Waals surface area contributed by atoms with Crippen LogP contribution >= 0.6 is 11.3 Å². The van der Waals surface area contributed by atoms with E-state index in [1.807, 2.05) is 6.07 Å². The van der Waals surface area contributed by atoms with Crippen LogP contribution < -0.4 is 5.43 Å². The summed E-state index contributed by atoms with van der Waals surface area (Å²) >= 11 is 1.56. The SMILES string of the molecule is COC(=O)c1ccc(/C=N/NC(=O)c2cc3c(s2)CCC(C)C3)cc1. The Kier molecular flexibility index (Phi) is 5.28. The molecule has 3 rings (SSSR count). The molecule has 2 aromatic rings. The van der Waals surface area contributed by atoms with E-state index in [0.29, 0.717) is 16.4 Å². The van der Waals surface area contributed by atoms with Gasteiger partial charge in [0.05, 0.1) is 23.8 Å². The van der Waals surface area contributed by atoms with E-state index in [-0.39, 0.29) is 11.9 Å². The number of methoxy groups -OCH3 is 1. The number of carbonyl (C=O) groups excluding carboxylic acids is 2. The van der Waals surface area contributed by atoms with E-state index in [1.54, 1.807) is 41.8 Å². The summed E-state index contributed by atoms with van der Waals surface area (Å²) in [6.45, 7) is 2.25. The van der Waals surface area contributed by atoms with Crippen LogP contribution in [0.4, 0.5) is 0 Å². The van der Waals surface area contributed by atoms with Crippen LogP contribution in [0.2, 0.25) is 0 Å². The van der Waals surface area contributed by atoms with Crippen molar-refractivity contribution in [3.05, 3.63) is 56.8 Å². The van der Waals surface area contributed by atoms with Crippen molar-refractivity contribution >= 4 is 29.4 Å². The molecule has 0 bridgehead atoms. The highest BCUT2D eigenvalue weighted by Gasteiger charge is 2.20. The van der Waals surface area contributed by atoms with Gasteiger partial charge in [-0.3, -0.25) is 4.79 Å². The average Bonchev–Trinajstić information content (AvgIpc) is 3.04. The summed E-state index contributed by atoms with van der Waals surface area (Å²) in [6, 6.07) is 8.79. The van der Waals surface area contributed by atoms with Crippen molar-refractivity contribution in [2.24, 2.45) is 11.0 Å². The second-order valence-corrected chi connectivity index (χ2v) is 7.36. The number of ether oxygens (including phenoxy) is 1. The van der Waals surface area contributed by atoms with Crippen LogP contribution in [0.3, 0.4) is 0 Å². The standard InChI is InChI=1S/C19H20N2O3S/c1-12-3-8-16-15(9-12)10-17(25-16)18(22)21-20-11-13-4-6-14(7-5-13)19(23)24-2/h4-7,10-12H,3,8-9H2,1-2H3,(H,21,22)/b20-11+. The van der Waals surface area contributed by atoms with Gasteiger partial charge in [-0.05, 0) is 54.5 Å². The number of hydrazone groups is 1. The molecule has 1 atom stereocenters. The van der Waals surface area contributed by atoms with Crippen LogP contribution in [0.1, 0.15) is 49.4 Å². The van der Waals surface area contributed by atoms with Gasteiger partial charge in [-0.15, -0.1) is 11.3 Å². The number of rotatable bonds is 4. The lowest BCUT2D eigenvalue weighted by molar-refractivity contribution is 0.0600. The van der Waals surface area contributed by atoms with Gasteiger partial charge >= 0.3 is 5.97 Å². The number of nitrogens with zero attached hydrogens (tertiary/aromatic N) is 1. The number of fused-ring (bicyclic) bond motifs is 1. The number of carbonyl (C=O) groups is 2. The van der Waals surface area contributed by atoms with Crippen LogP contribution in [-0.2, 0) is 17.6 Å². The minimum Gasteiger partial charge on any atom is -0.465 e. The summed E-state index contributed by atoms with van der Waals surface area (Å²) in [4.78, 5) is 25.6. The molecule has 25 heavy (non-hydrogen) atoms. The number of amides is 1. The molecule has 1 heterocycles. The van der Waals surface area contributed by atoms with Crippen molar-refractivity contribution in [2.75, 3.05) is 7.11 Å². The zero-order valence-corrected chi connectivity index (χ0v) is 15.1. The molecular formula is C19H20N2O3S. The summed E-state index contributed by atoms with van der Waals surface area (Å²) in [7, 11) is 1.34. The molecule has 0 fully saturated rings. The molecule has 1 aromatic heterocycles. The van der Waals surface area contributed by atoms with Crippen molar-refractivity contribution in [3.63, 3.8) is 0 Å². The van der Waals surface area contributed by atoms with Gasteiger partial charge in [0.2, 0.25) is 0 Å². The first kappa shape index (κ1) is 17.4. The zero-order chi connectivity index (χ0) is 17.8. The molecule has 1 aliphatic carbocycles. The Hall–Kier alpha value is -2.47. The quantitative estimate of drug-likeness (QED) is 0.518. The highest BCUT2D eigenvalue weighted by molar-refractivity contribution is 7.14. The Labute approximate surface area is 150 Å². The summed E-state index contributed by atoms with van der Waals surface area (Å²) in [5.74, 6) is 0.117. The van der Waals surface area contributed by atoms with Crippen LogP contribution in [0.15, 0.2) is 35.4 Å². The number of esters is 1. The van der Waals surface area contributed by atoms with Gasteiger partial charge < -0.3 is 4.74 Å². The normalized spacial score (nSPS) is 16.5. The van der Waals surface area contributed by atoms with Gasteiger partial charge in [-0.1, -0.05) is 19.1 Å². The first-order valence-corrected chi connectivity index (χ1v) is 9.02. The third-order valence-electron chi connectivity index (χ3n) is 4.26. The van der Waals surface area contributed by atoms with Gasteiger partial charge in [0, 0.05) is 4.88 Å². The van der Waals surface area contributed by atoms with E-state index < -0.39 is 0 Å². The second-order valence-electron chi connectivity index (χ2n) is 6.22. The molecule has 0 saturated heterocycles. The fourth-order valence-electron chi connectivity index (χ4n) is 2.86. The smallest absolute Gasteiger partial charge is 0.337 e. The molecule has 1 unspecified atom stereocenters. The summed E-state index contributed by atoms with van der Waals surface area (Å²) in [6.07, 6.45) is 4.85. The molecule has 0 saturated carbocycles. The third kappa shape index (κ3) is 4.14. The molecule has 6 heteroatoms. The van der Waals surface area contributed by atoms with E-state index in [0.717, 1.165) is 18.4 Å². The lowest BCUT2D eigenvalue weighted by Crippen LogP contribution is -2.16. The summed E-state index contributed by atoms with van der Waals surface area (Å²) in [5, 5.41) is 4.00. The van der Waals surface area contributed by atoms with Crippen molar-refractivity contribution in [3.8, 4) is 0 Å². The predicted octanol–water partition coefficient (Wildman–Crippen LogP) is 3.42. The van der Waals surface area contributed by atoms with Crippen molar-refractivity contribution < 1.29 is 14.3 Å². The van der Waals surface area contributed by atoms with Crippen molar-refractivity contribution in [1.29, 1.82) is 0 Å². The molecule has 1 N–H and O–H groups in total. The van der Waals surface area contributed by atoms with Gasteiger partial charge in [-0.2, -0.15) is 5.10 Å². The maximum atomic E-state index is 12.2. The van der Waals surface area contributed by atoms with Crippen LogP contribution in [0.25, 0.3) is 0 Å². The van der Waals surface area contributed by atoms with Gasteiger partial charge in [0.1, 0.15) is 0 Å². The Morgan fingerprint density at radius 3 is 2.80 bits per heavy atom. The lowest BCUT2D eigenvalue weighted by Gasteiger charge is -2.16. The van der Waals surface area contributed by atoms with Crippen molar-refractivity contribution in [2.45, 2.75) is 26.2 Å². The molecular weight excluding hydrogens is 336 g/mol. The maximum Gasteiger partial charge on any atom is 0.337 e.